The number of aliphatic hydroxyl groups is 4. The molecule has 4 N–H and O–H groups in total. The monoisotopic (exact) mass is 382 g/mol. The van der Waals surface area contributed by atoms with E-state index in [0.717, 1.165) is 37.9 Å². The van der Waals surface area contributed by atoms with Crippen LogP contribution in [0, 0.1) is 5.92 Å². The third kappa shape index (κ3) is 4.80. The van der Waals surface area contributed by atoms with Crippen LogP contribution in [-0.2, 0) is 15.9 Å². The van der Waals surface area contributed by atoms with Gasteiger partial charge in [-0.05, 0) is 42.9 Å². The van der Waals surface area contributed by atoms with Crippen molar-refractivity contribution in [2.45, 2.75) is 68.9 Å². The van der Waals surface area contributed by atoms with Gasteiger partial charge in [-0.25, -0.2) is 0 Å². The zero-order valence-corrected chi connectivity index (χ0v) is 15.6. The highest BCUT2D eigenvalue weighted by atomic mass is 16.7. The van der Waals surface area contributed by atoms with Crippen LogP contribution in [0.3, 0.4) is 0 Å². The Labute approximate surface area is 159 Å². The van der Waals surface area contributed by atoms with E-state index in [-0.39, 0.29) is 12.0 Å². The van der Waals surface area contributed by atoms with E-state index >= 15 is 0 Å². The van der Waals surface area contributed by atoms with Crippen LogP contribution in [0.25, 0.3) is 0 Å². The van der Waals surface area contributed by atoms with Crippen molar-refractivity contribution >= 4 is 0 Å². The summed E-state index contributed by atoms with van der Waals surface area (Å²) < 4.78 is 16.8. The lowest BCUT2D eigenvalue weighted by Crippen LogP contribution is -2.60. The zero-order valence-electron chi connectivity index (χ0n) is 15.6. The Balaban J connectivity index is 1.65. The Morgan fingerprint density at radius 3 is 2.37 bits per heavy atom. The van der Waals surface area contributed by atoms with Crippen LogP contribution in [0.15, 0.2) is 24.3 Å². The molecule has 0 bridgehead atoms. The van der Waals surface area contributed by atoms with E-state index in [1.807, 2.05) is 24.3 Å². The first-order valence-electron chi connectivity index (χ1n) is 9.62. The Kier molecular flexibility index (Phi) is 7.08. The van der Waals surface area contributed by atoms with Gasteiger partial charge in [0.25, 0.3) is 0 Å². The summed E-state index contributed by atoms with van der Waals surface area (Å²) in [5, 5.41) is 39.4. The maximum Gasteiger partial charge on any atom is 0.186 e. The number of hydrogen-bond donors (Lipinski definition) is 4. The molecule has 7 nitrogen and oxygen atoms in total. The molecule has 0 aromatic heterocycles. The predicted molar refractivity (Wildman–Crippen MR) is 97.3 cm³/mol. The van der Waals surface area contributed by atoms with E-state index in [4.69, 9.17) is 14.2 Å². The van der Waals surface area contributed by atoms with Crippen LogP contribution in [0.1, 0.15) is 31.2 Å². The van der Waals surface area contributed by atoms with Crippen LogP contribution in [0.4, 0.5) is 0 Å². The van der Waals surface area contributed by atoms with Crippen LogP contribution in [0.2, 0.25) is 0 Å². The average molecular weight is 382 g/mol. The number of ether oxygens (including phenoxy) is 3. The number of hydrogen-bond acceptors (Lipinski definition) is 7. The maximum absolute atomic E-state index is 10.2. The number of methoxy groups -OCH3 is 1. The van der Waals surface area contributed by atoms with Crippen molar-refractivity contribution in [3.63, 3.8) is 0 Å². The second kappa shape index (κ2) is 9.32. The third-order valence-corrected chi connectivity index (χ3v) is 5.65. The van der Waals surface area contributed by atoms with E-state index < -0.39 is 37.3 Å². The second-order valence-corrected chi connectivity index (χ2v) is 7.47. The molecule has 3 rings (SSSR count). The molecule has 3 unspecified atom stereocenters. The molecule has 1 aromatic carbocycles. The van der Waals surface area contributed by atoms with Gasteiger partial charge in [-0.1, -0.05) is 25.0 Å². The van der Waals surface area contributed by atoms with Gasteiger partial charge >= 0.3 is 0 Å². The Hall–Kier alpha value is -1.22. The van der Waals surface area contributed by atoms with Gasteiger partial charge in [-0.3, -0.25) is 0 Å². The zero-order chi connectivity index (χ0) is 19.4. The summed E-state index contributed by atoms with van der Waals surface area (Å²) in [6.07, 6.45) is -1.43. The second-order valence-electron chi connectivity index (χ2n) is 7.47. The van der Waals surface area contributed by atoms with Crippen molar-refractivity contribution in [1.29, 1.82) is 0 Å². The number of benzene rings is 1. The van der Waals surface area contributed by atoms with E-state index in [1.54, 1.807) is 7.11 Å². The van der Waals surface area contributed by atoms with E-state index in [2.05, 4.69) is 0 Å². The Bertz CT molecular complexity index is 576. The molecular weight excluding hydrogens is 352 g/mol. The summed E-state index contributed by atoms with van der Waals surface area (Å²) in [6, 6.07) is 7.95. The normalized spacial score (nSPS) is 37.1. The molecule has 0 radical (unpaired) electrons. The van der Waals surface area contributed by atoms with Crippen LogP contribution < -0.4 is 4.74 Å². The van der Waals surface area contributed by atoms with Crippen molar-refractivity contribution in [3.8, 4) is 5.75 Å². The van der Waals surface area contributed by atoms with Crippen molar-refractivity contribution in [2.24, 2.45) is 5.92 Å². The van der Waals surface area contributed by atoms with Gasteiger partial charge in [0.15, 0.2) is 6.29 Å². The van der Waals surface area contributed by atoms with Gasteiger partial charge in [-0.2, -0.15) is 0 Å². The van der Waals surface area contributed by atoms with Crippen molar-refractivity contribution in [3.05, 3.63) is 29.8 Å². The lowest BCUT2D eigenvalue weighted by Gasteiger charge is -2.42. The average Bonchev–Trinajstić information content (AvgIpc) is 2.70. The number of aliphatic hydroxyl groups excluding tert-OH is 4. The summed E-state index contributed by atoms with van der Waals surface area (Å²) in [4.78, 5) is 0. The first-order valence-corrected chi connectivity index (χ1v) is 9.62. The molecule has 1 saturated heterocycles. The van der Waals surface area contributed by atoms with Crippen LogP contribution in [0.5, 0.6) is 5.75 Å². The van der Waals surface area contributed by atoms with E-state index in [9.17, 15) is 20.4 Å². The lowest BCUT2D eigenvalue weighted by atomic mass is 9.82. The summed E-state index contributed by atoms with van der Waals surface area (Å²) in [5.74, 6) is 1.08. The summed E-state index contributed by atoms with van der Waals surface area (Å²) >= 11 is 0. The van der Waals surface area contributed by atoms with Gasteiger partial charge in [0.05, 0.1) is 19.8 Å². The molecule has 1 saturated carbocycles. The first-order chi connectivity index (χ1) is 13.0. The van der Waals surface area contributed by atoms with Crippen LogP contribution >= 0.6 is 0 Å². The molecule has 2 fully saturated rings. The van der Waals surface area contributed by atoms with Gasteiger partial charge in [-0.15, -0.1) is 0 Å². The fraction of sp³-hybridized carbons (Fsp3) is 0.700. The topological polar surface area (TPSA) is 109 Å². The Morgan fingerprint density at radius 2 is 1.70 bits per heavy atom. The summed E-state index contributed by atoms with van der Waals surface area (Å²) in [6.45, 7) is -0.454. The molecule has 0 spiro atoms. The first kappa shape index (κ1) is 20.5. The molecule has 2 aliphatic rings. The largest absolute Gasteiger partial charge is 0.497 e. The molecular formula is C20H30O7. The van der Waals surface area contributed by atoms with Crippen LogP contribution in [-0.4, -0.2) is 71.0 Å². The quantitative estimate of drug-likeness (QED) is 0.571. The van der Waals surface area contributed by atoms with Gasteiger partial charge in [0, 0.05) is 0 Å². The summed E-state index contributed by atoms with van der Waals surface area (Å²) in [7, 11) is 1.64. The lowest BCUT2D eigenvalue weighted by molar-refractivity contribution is -0.316. The van der Waals surface area contributed by atoms with Crippen molar-refractivity contribution in [2.75, 3.05) is 13.7 Å². The SMILES string of the molecule is COc1ccc(CC2CCCCC2OC2O[C@H](CO)[C@@H](O)[C@H](O)[C@H]2O)cc1. The minimum atomic E-state index is -1.41. The molecule has 27 heavy (non-hydrogen) atoms. The van der Waals surface area contributed by atoms with Crippen molar-refractivity contribution in [1.82, 2.24) is 0 Å². The third-order valence-electron chi connectivity index (χ3n) is 5.65. The molecule has 7 heteroatoms. The predicted octanol–water partition coefficient (Wildman–Crippen LogP) is 0.613. The molecule has 1 heterocycles. The standard InChI is InChI=1S/C20H30O7/c1-25-14-8-6-12(7-9-14)10-13-4-2-3-5-15(13)26-20-19(24)18(23)17(22)16(11-21)27-20/h6-9,13,15-24H,2-5,10-11H2,1H3/t13?,15?,16-,17-,18+,19-,20?/m1/s1. The maximum atomic E-state index is 10.2. The van der Waals surface area contributed by atoms with Crippen molar-refractivity contribution < 1.29 is 34.6 Å². The minimum absolute atomic E-state index is 0.123. The smallest absolute Gasteiger partial charge is 0.186 e. The molecule has 1 aliphatic heterocycles. The Morgan fingerprint density at radius 1 is 1.00 bits per heavy atom. The molecule has 1 aliphatic carbocycles. The fourth-order valence-corrected chi connectivity index (χ4v) is 4.00. The van der Waals surface area contributed by atoms with Gasteiger partial charge in [0.2, 0.25) is 0 Å². The molecule has 1 aromatic rings. The minimum Gasteiger partial charge on any atom is -0.497 e. The van der Waals surface area contributed by atoms with Gasteiger partial charge < -0.3 is 34.6 Å². The molecule has 152 valence electrons. The van der Waals surface area contributed by atoms with E-state index in [0.29, 0.717) is 0 Å². The van der Waals surface area contributed by atoms with Gasteiger partial charge in [0.1, 0.15) is 30.2 Å². The number of rotatable bonds is 6. The fourth-order valence-electron chi connectivity index (χ4n) is 4.00. The highest BCUT2D eigenvalue weighted by Gasteiger charge is 2.45. The molecule has 7 atom stereocenters. The molecule has 0 amide bonds. The summed E-state index contributed by atoms with van der Waals surface area (Å²) in [5.41, 5.74) is 1.19. The van der Waals surface area contributed by atoms with E-state index in [1.165, 1.54) is 5.56 Å². The highest BCUT2D eigenvalue weighted by Crippen LogP contribution is 2.33. The highest BCUT2D eigenvalue weighted by molar-refractivity contribution is 5.27.